The van der Waals surface area contributed by atoms with E-state index in [2.05, 4.69) is 5.32 Å². The highest BCUT2D eigenvalue weighted by molar-refractivity contribution is 5.95. The van der Waals surface area contributed by atoms with E-state index in [9.17, 15) is 9.59 Å². The van der Waals surface area contributed by atoms with Gasteiger partial charge in [0.25, 0.3) is 5.91 Å². The lowest BCUT2D eigenvalue weighted by Crippen LogP contribution is -2.26. The van der Waals surface area contributed by atoms with E-state index in [1.54, 1.807) is 12.1 Å². The van der Waals surface area contributed by atoms with Crippen molar-refractivity contribution in [3.8, 4) is 0 Å². The molecule has 0 saturated carbocycles. The average molecular weight is 207 g/mol. The van der Waals surface area contributed by atoms with Gasteiger partial charge in [-0.1, -0.05) is 18.2 Å². The van der Waals surface area contributed by atoms with Crippen molar-refractivity contribution in [2.24, 2.45) is 0 Å². The molecule has 0 heterocycles. The molecule has 0 aliphatic heterocycles. The number of carbonyl (C=O) groups is 2. The van der Waals surface area contributed by atoms with Gasteiger partial charge in [-0.2, -0.15) is 0 Å². The third kappa shape index (κ3) is 3.42. The van der Waals surface area contributed by atoms with Crippen LogP contribution in [0, 0.1) is 6.92 Å². The molecule has 0 aliphatic rings. The van der Waals surface area contributed by atoms with Crippen molar-refractivity contribution in [3.63, 3.8) is 0 Å². The van der Waals surface area contributed by atoms with Crippen molar-refractivity contribution in [2.75, 3.05) is 6.54 Å². The largest absolute Gasteiger partial charge is 0.481 e. The van der Waals surface area contributed by atoms with Gasteiger partial charge in [-0.3, -0.25) is 9.59 Å². The standard InChI is InChI=1S/C11H13NO3/c1-8-4-2-3-5-9(8)11(15)12-7-6-10(13)14/h2-5H,6-7H2,1H3,(H,12,15)(H,13,14). The summed E-state index contributed by atoms with van der Waals surface area (Å²) in [6, 6.07) is 7.18. The van der Waals surface area contributed by atoms with Gasteiger partial charge in [-0.05, 0) is 18.6 Å². The summed E-state index contributed by atoms with van der Waals surface area (Å²) in [6.45, 7) is 1.99. The van der Waals surface area contributed by atoms with Crippen LogP contribution in [0.1, 0.15) is 22.3 Å². The van der Waals surface area contributed by atoms with Crippen LogP contribution in [-0.2, 0) is 4.79 Å². The van der Waals surface area contributed by atoms with Crippen molar-refractivity contribution < 1.29 is 14.7 Å². The molecular formula is C11H13NO3. The zero-order chi connectivity index (χ0) is 11.3. The number of hydrogen-bond donors (Lipinski definition) is 2. The van der Waals surface area contributed by atoms with Gasteiger partial charge >= 0.3 is 5.97 Å². The first-order chi connectivity index (χ1) is 7.11. The summed E-state index contributed by atoms with van der Waals surface area (Å²) in [4.78, 5) is 21.8. The summed E-state index contributed by atoms with van der Waals surface area (Å²) in [5.41, 5.74) is 1.47. The number of aryl methyl sites for hydroxylation is 1. The second-order valence-electron chi connectivity index (χ2n) is 3.21. The Balaban J connectivity index is 2.54. The van der Waals surface area contributed by atoms with Crippen molar-refractivity contribution in [1.29, 1.82) is 0 Å². The number of hydrogen-bond acceptors (Lipinski definition) is 2. The molecule has 4 nitrogen and oxygen atoms in total. The lowest BCUT2D eigenvalue weighted by molar-refractivity contribution is -0.136. The topological polar surface area (TPSA) is 66.4 Å². The van der Waals surface area contributed by atoms with E-state index in [0.29, 0.717) is 5.56 Å². The molecule has 1 rings (SSSR count). The van der Waals surface area contributed by atoms with E-state index in [0.717, 1.165) is 5.56 Å². The molecule has 0 atom stereocenters. The van der Waals surface area contributed by atoms with Gasteiger partial charge in [0.05, 0.1) is 6.42 Å². The number of carboxylic acids is 1. The van der Waals surface area contributed by atoms with Crippen molar-refractivity contribution in [2.45, 2.75) is 13.3 Å². The summed E-state index contributed by atoms with van der Waals surface area (Å²) in [6.07, 6.45) is -0.0579. The van der Waals surface area contributed by atoms with Crippen molar-refractivity contribution in [1.82, 2.24) is 5.32 Å². The highest BCUT2D eigenvalue weighted by Crippen LogP contribution is 2.06. The minimum absolute atomic E-state index is 0.0579. The lowest BCUT2D eigenvalue weighted by Gasteiger charge is -2.05. The molecule has 0 spiro atoms. The summed E-state index contributed by atoms with van der Waals surface area (Å²) in [7, 11) is 0. The van der Waals surface area contributed by atoms with E-state index >= 15 is 0 Å². The Kier molecular flexibility index (Phi) is 3.85. The highest BCUT2D eigenvalue weighted by Gasteiger charge is 2.07. The Labute approximate surface area is 87.9 Å². The fourth-order valence-electron chi connectivity index (χ4n) is 1.21. The molecular weight excluding hydrogens is 194 g/mol. The van der Waals surface area contributed by atoms with Crippen molar-refractivity contribution >= 4 is 11.9 Å². The normalized spacial score (nSPS) is 9.67. The lowest BCUT2D eigenvalue weighted by atomic mass is 10.1. The number of rotatable bonds is 4. The van der Waals surface area contributed by atoms with E-state index in [1.807, 2.05) is 19.1 Å². The minimum Gasteiger partial charge on any atom is -0.481 e. The molecule has 0 aliphatic carbocycles. The Morgan fingerprint density at radius 1 is 1.33 bits per heavy atom. The van der Waals surface area contributed by atoms with Crippen molar-refractivity contribution in [3.05, 3.63) is 35.4 Å². The maximum atomic E-state index is 11.5. The monoisotopic (exact) mass is 207 g/mol. The van der Waals surface area contributed by atoms with E-state index in [4.69, 9.17) is 5.11 Å². The first-order valence-electron chi connectivity index (χ1n) is 4.67. The van der Waals surface area contributed by atoms with Crippen LogP contribution in [0.5, 0.6) is 0 Å². The summed E-state index contributed by atoms with van der Waals surface area (Å²) in [5, 5.41) is 11.0. The Morgan fingerprint density at radius 2 is 2.00 bits per heavy atom. The summed E-state index contributed by atoms with van der Waals surface area (Å²) >= 11 is 0. The molecule has 0 bridgehead atoms. The van der Waals surface area contributed by atoms with E-state index in [1.165, 1.54) is 0 Å². The van der Waals surface area contributed by atoms with Gasteiger partial charge in [0, 0.05) is 12.1 Å². The fourth-order valence-corrected chi connectivity index (χ4v) is 1.21. The van der Waals surface area contributed by atoms with E-state index in [-0.39, 0.29) is 18.9 Å². The SMILES string of the molecule is Cc1ccccc1C(=O)NCCC(=O)O. The quantitative estimate of drug-likeness (QED) is 0.779. The number of aliphatic carboxylic acids is 1. The minimum atomic E-state index is -0.917. The van der Waals surface area contributed by atoms with Crippen LogP contribution in [0.2, 0.25) is 0 Å². The molecule has 1 aromatic rings. The van der Waals surface area contributed by atoms with Gasteiger partial charge in [0.2, 0.25) is 0 Å². The average Bonchev–Trinajstić information content (AvgIpc) is 2.17. The first kappa shape index (κ1) is 11.2. The van der Waals surface area contributed by atoms with Crippen LogP contribution in [-0.4, -0.2) is 23.5 Å². The summed E-state index contributed by atoms with van der Waals surface area (Å²) in [5.74, 6) is -1.14. The maximum absolute atomic E-state index is 11.5. The molecule has 80 valence electrons. The fraction of sp³-hybridized carbons (Fsp3) is 0.273. The van der Waals surface area contributed by atoms with Gasteiger partial charge in [0.1, 0.15) is 0 Å². The predicted octanol–water partition coefficient (Wildman–Crippen LogP) is 1.20. The predicted molar refractivity (Wildman–Crippen MR) is 55.8 cm³/mol. The smallest absolute Gasteiger partial charge is 0.305 e. The van der Waals surface area contributed by atoms with Crippen LogP contribution in [0.15, 0.2) is 24.3 Å². The Bertz CT molecular complexity index is 374. The van der Waals surface area contributed by atoms with Gasteiger partial charge in [-0.15, -0.1) is 0 Å². The Morgan fingerprint density at radius 3 is 2.60 bits per heavy atom. The van der Waals surface area contributed by atoms with Crippen LogP contribution in [0.3, 0.4) is 0 Å². The molecule has 0 saturated heterocycles. The molecule has 2 N–H and O–H groups in total. The Hall–Kier alpha value is -1.84. The molecule has 1 amide bonds. The van der Waals surface area contributed by atoms with Gasteiger partial charge in [-0.25, -0.2) is 0 Å². The third-order valence-electron chi connectivity index (χ3n) is 2.01. The number of carboxylic acid groups (broad SMARTS) is 1. The number of carbonyl (C=O) groups excluding carboxylic acids is 1. The number of benzene rings is 1. The van der Waals surface area contributed by atoms with Crippen LogP contribution in [0.25, 0.3) is 0 Å². The number of nitrogens with one attached hydrogen (secondary N) is 1. The van der Waals surface area contributed by atoms with Crippen LogP contribution in [0.4, 0.5) is 0 Å². The van der Waals surface area contributed by atoms with Crippen LogP contribution >= 0.6 is 0 Å². The van der Waals surface area contributed by atoms with Gasteiger partial charge < -0.3 is 10.4 Å². The molecule has 0 radical (unpaired) electrons. The highest BCUT2D eigenvalue weighted by atomic mass is 16.4. The summed E-state index contributed by atoms with van der Waals surface area (Å²) < 4.78 is 0. The molecule has 0 fully saturated rings. The third-order valence-corrected chi connectivity index (χ3v) is 2.01. The van der Waals surface area contributed by atoms with E-state index < -0.39 is 5.97 Å². The second-order valence-corrected chi connectivity index (χ2v) is 3.21. The first-order valence-corrected chi connectivity index (χ1v) is 4.67. The zero-order valence-electron chi connectivity index (χ0n) is 8.49. The second kappa shape index (κ2) is 5.14. The molecule has 15 heavy (non-hydrogen) atoms. The zero-order valence-corrected chi connectivity index (χ0v) is 8.49. The number of amides is 1. The molecule has 4 heteroatoms. The molecule has 0 aromatic heterocycles. The molecule has 0 unspecified atom stereocenters. The van der Waals surface area contributed by atoms with Gasteiger partial charge in [0.15, 0.2) is 0 Å². The maximum Gasteiger partial charge on any atom is 0.305 e. The molecule has 1 aromatic carbocycles. The van der Waals surface area contributed by atoms with Crippen LogP contribution < -0.4 is 5.32 Å².